The van der Waals surface area contributed by atoms with Gasteiger partial charge in [-0.15, -0.1) is 0 Å². The fourth-order valence-electron chi connectivity index (χ4n) is 0.836. The standard InChI is InChI=1S/C6H12O/c1-5(7)4-6-2-3-6/h5-7H,2-4H2,1H3/t5-/m0/s1. The Labute approximate surface area is 44.4 Å². The first-order valence-corrected chi connectivity index (χ1v) is 2.97. The predicted molar refractivity (Wildman–Crippen MR) is 29.0 cm³/mol. The van der Waals surface area contributed by atoms with Gasteiger partial charge in [-0.25, -0.2) is 0 Å². The Morgan fingerprint density at radius 1 is 1.71 bits per heavy atom. The molecule has 0 aliphatic heterocycles. The fraction of sp³-hybridized carbons (Fsp3) is 1.00. The number of hydrogen-bond donors (Lipinski definition) is 1. The molecule has 0 heterocycles. The minimum Gasteiger partial charge on any atom is -0.393 e. The molecule has 0 saturated heterocycles. The lowest BCUT2D eigenvalue weighted by molar-refractivity contribution is 0.177. The van der Waals surface area contributed by atoms with Crippen molar-refractivity contribution in [3.63, 3.8) is 0 Å². The Balaban J connectivity index is 1.97. The zero-order valence-corrected chi connectivity index (χ0v) is 4.72. The maximum atomic E-state index is 8.76. The van der Waals surface area contributed by atoms with Crippen LogP contribution in [0.15, 0.2) is 0 Å². The van der Waals surface area contributed by atoms with Gasteiger partial charge < -0.3 is 5.11 Å². The maximum absolute atomic E-state index is 8.76. The Bertz CT molecular complexity index is 55.2. The number of aliphatic hydroxyl groups is 1. The first-order chi connectivity index (χ1) is 3.29. The van der Waals surface area contributed by atoms with E-state index in [1.807, 2.05) is 6.92 Å². The molecule has 1 saturated carbocycles. The molecule has 7 heavy (non-hydrogen) atoms. The molecule has 0 aromatic carbocycles. The zero-order valence-electron chi connectivity index (χ0n) is 4.72. The Morgan fingerprint density at radius 3 is 2.43 bits per heavy atom. The summed E-state index contributed by atoms with van der Waals surface area (Å²) in [5, 5.41) is 8.76. The highest BCUT2D eigenvalue weighted by Gasteiger charge is 2.22. The molecule has 1 atom stereocenters. The van der Waals surface area contributed by atoms with Gasteiger partial charge in [0.2, 0.25) is 0 Å². The van der Waals surface area contributed by atoms with E-state index in [4.69, 9.17) is 5.11 Å². The van der Waals surface area contributed by atoms with Crippen LogP contribution in [0.1, 0.15) is 26.2 Å². The summed E-state index contributed by atoms with van der Waals surface area (Å²) in [5.74, 6) is 0.875. The first-order valence-electron chi connectivity index (χ1n) is 2.97. The van der Waals surface area contributed by atoms with Gasteiger partial charge in [0.15, 0.2) is 0 Å². The third kappa shape index (κ3) is 1.93. The Morgan fingerprint density at radius 2 is 2.29 bits per heavy atom. The third-order valence-corrected chi connectivity index (χ3v) is 1.37. The molecule has 1 heteroatoms. The molecule has 0 bridgehead atoms. The summed E-state index contributed by atoms with van der Waals surface area (Å²) >= 11 is 0. The molecule has 0 radical (unpaired) electrons. The van der Waals surface area contributed by atoms with Gasteiger partial charge in [0, 0.05) is 0 Å². The molecule has 0 spiro atoms. The Hall–Kier alpha value is -0.0400. The molecule has 1 rings (SSSR count). The zero-order chi connectivity index (χ0) is 5.28. The van der Waals surface area contributed by atoms with Crippen LogP contribution in [0.3, 0.4) is 0 Å². The summed E-state index contributed by atoms with van der Waals surface area (Å²) in [6.07, 6.45) is 3.67. The van der Waals surface area contributed by atoms with Crippen molar-refractivity contribution in [1.82, 2.24) is 0 Å². The highest BCUT2D eigenvalue weighted by atomic mass is 16.3. The van der Waals surface area contributed by atoms with Crippen molar-refractivity contribution in [2.45, 2.75) is 32.3 Å². The molecule has 0 aromatic heterocycles. The summed E-state index contributed by atoms with van der Waals surface area (Å²) < 4.78 is 0. The summed E-state index contributed by atoms with van der Waals surface area (Å²) in [7, 11) is 0. The highest BCUT2D eigenvalue weighted by Crippen LogP contribution is 2.33. The van der Waals surface area contributed by atoms with E-state index < -0.39 is 0 Å². The number of hydrogen-bond acceptors (Lipinski definition) is 1. The van der Waals surface area contributed by atoms with Crippen molar-refractivity contribution in [3.8, 4) is 0 Å². The van der Waals surface area contributed by atoms with Gasteiger partial charge in [-0.2, -0.15) is 0 Å². The molecular weight excluding hydrogens is 88.1 g/mol. The maximum Gasteiger partial charge on any atom is 0.0514 e. The molecule has 42 valence electrons. The van der Waals surface area contributed by atoms with E-state index in [9.17, 15) is 0 Å². The summed E-state index contributed by atoms with van der Waals surface area (Å²) in [4.78, 5) is 0. The average molecular weight is 100 g/mol. The topological polar surface area (TPSA) is 20.2 Å². The van der Waals surface area contributed by atoms with E-state index in [-0.39, 0.29) is 6.10 Å². The Kier molecular flexibility index (Phi) is 1.33. The highest BCUT2D eigenvalue weighted by molar-refractivity contribution is 4.74. The van der Waals surface area contributed by atoms with E-state index in [1.54, 1.807) is 0 Å². The van der Waals surface area contributed by atoms with Crippen LogP contribution in [-0.4, -0.2) is 11.2 Å². The monoisotopic (exact) mass is 100 g/mol. The second-order valence-corrected chi connectivity index (χ2v) is 2.53. The van der Waals surface area contributed by atoms with Crippen molar-refractivity contribution < 1.29 is 5.11 Å². The van der Waals surface area contributed by atoms with Crippen LogP contribution in [0, 0.1) is 5.92 Å². The van der Waals surface area contributed by atoms with Crippen molar-refractivity contribution in [2.24, 2.45) is 5.92 Å². The SMILES string of the molecule is C[C@H](O)CC1CC1. The van der Waals surface area contributed by atoms with Crippen LogP contribution in [0.2, 0.25) is 0 Å². The lowest BCUT2D eigenvalue weighted by Gasteiger charge is -1.97. The predicted octanol–water partition coefficient (Wildman–Crippen LogP) is 1.17. The quantitative estimate of drug-likeness (QED) is 0.552. The van der Waals surface area contributed by atoms with E-state index in [0.29, 0.717) is 0 Å². The lowest BCUT2D eigenvalue weighted by atomic mass is 10.2. The minimum atomic E-state index is -0.0625. The van der Waals surface area contributed by atoms with Gasteiger partial charge in [0.05, 0.1) is 6.10 Å². The normalized spacial score (nSPS) is 24.9. The summed E-state index contributed by atoms with van der Waals surface area (Å²) in [6, 6.07) is 0. The largest absolute Gasteiger partial charge is 0.393 e. The van der Waals surface area contributed by atoms with Gasteiger partial charge >= 0.3 is 0 Å². The number of rotatable bonds is 2. The molecule has 0 amide bonds. The van der Waals surface area contributed by atoms with E-state index in [0.717, 1.165) is 12.3 Å². The molecule has 0 unspecified atom stereocenters. The molecule has 1 N–H and O–H groups in total. The van der Waals surface area contributed by atoms with E-state index >= 15 is 0 Å². The lowest BCUT2D eigenvalue weighted by Crippen LogP contribution is -1.98. The molecule has 1 aliphatic rings. The van der Waals surface area contributed by atoms with Crippen LogP contribution in [0.4, 0.5) is 0 Å². The summed E-state index contributed by atoms with van der Waals surface area (Å²) in [6.45, 7) is 1.86. The van der Waals surface area contributed by atoms with Crippen molar-refractivity contribution in [1.29, 1.82) is 0 Å². The number of aliphatic hydroxyl groups excluding tert-OH is 1. The van der Waals surface area contributed by atoms with Crippen LogP contribution in [0.25, 0.3) is 0 Å². The van der Waals surface area contributed by atoms with Gasteiger partial charge in [0.25, 0.3) is 0 Å². The van der Waals surface area contributed by atoms with Gasteiger partial charge in [0.1, 0.15) is 0 Å². The second-order valence-electron chi connectivity index (χ2n) is 2.53. The second kappa shape index (κ2) is 1.83. The van der Waals surface area contributed by atoms with E-state index in [1.165, 1.54) is 12.8 Å². The average Bonchev–Trinajstić information content (AvgIpc) is 2.17. The minimum absolute atomic E-state index is 0.0625. The molecule has 1 fully saturated rings. The van der Waals surface area contributed by atoms with E-state index in [2.05, 4.69) is 0 Å². The summed E-state index contributed by atoms with van der Waals surface area (Å²) in [5.41, 5.74) is 0. The van der Waals surface area contributed by atoms with Crippen molar-refractivity contribution in [2.75, 3.05) is 0 Å². The van der Waals surface area contributed by atoms with Crippen LogP contribution in [0.5, 0.6) is 0 Å². The fourth-order valence-corrected chi connectivity index (χ4v) is 0.836. The molecule has 1 nitrogen and oxygen atoms in total. The van der Waals surface area contributed by atoms with Crippen LogP contribution < -0.4 is 0 Å². The van der Waals surface area contributed by atoms with Crippen molar-refractivity contribution >= 4 is 0 Å². The smallest absolute Gasteiger partial charge is 0.0514 e. The van der Waals surface area contributed by atoms with Gasteiger partial charge in [-0.05, 0) is 19.3 Å². The van der Waals surface area contributed by atoms with Gasteiger partial charge in [-0.3, -0.25) is 0 Å². The van der Waals surface area contributed by atoms with Crippen LogP contribution >= 0.6 is 0 Å². The van der Waals surface area contributed by atoms with Crippen molar-refractivity contribution in [3.05, 3.63) is 0 Å². The molecular formula is C6H12O. The van der Waals surface area contributed by atoms with Gasteiger partial charge in [-0.1, -0.05) is 12.8 Å². The molecule has 1 aliphatic carbocycles. The van der Waals surface area contributed by atoms with Crippen LogP contribution in [-0.2, 0) is 0 Å². The third-order valence-electron chi connectivity index (χ3n) is 1.37. The molecule has 0 aromatic rings. The first kappa shape index (κ1) is 5.10.